The third-order valence-electron chi connectivity index (χ3n) is 4.18. The summed E-state index contributed by atoms with van der Waals surface area (Å²) in [4.78, 5) is 11.7. The average Bonchev–Trinajstić information content (AvgIpc) is 3.09. The fraction of sp³-hybridized carbons (Fsp3) is 0.250. The van der Waals surface area contributed by atoms with Crippen LogP contribution in [0.25, 0.3) is 11.4 Å². The molecule has 0 aliphatic rings. The molecule has 0 aliphatic heterocycles. The minimum absolute atomic E-state index is 0.0330. The van der Waals surface area contributed by atoms with Crippen LogP contribution in [0.3, 0.4) is 0 Å². The molecule has 2 aromatic carbocycles. The third-order valence-corrected chi connectivity index (χ3v) is 5.45. The molecule has 3 aromatic rings. The molecule has 0 amide bonds. The second-order valence-corrected chi connectivity index (χ2v) is 7.31. The Bertz CT molecular complexity index is 954. The second-order valence-electron chi connectivity index (χ2n) is 5.93. The van der Waals surface area contributed by atoms with Crippen molar-refractivity contribution in [3.63, 3.8) is 0 Å². The Kier molecular flexibility index (Phi) is 6.19. The van der Waals surface area contributed by atoms with Crippen molar-refractivity contribution in [2.45, 2.75) is 31.3 Å². The Hall–Kier alpha value is -2.31. The predicted molar refractivity (Wildman–Crippen MR) is 109 cm³/mol. The number of carbonyl (C=O) groups excluding carboxylic acids is 1. The number of hydrogen-bond donors (Lipinski definition) is 0. The summed E-state index contributed by atoms with van der Waals surface area (Å²) >= 11 is 7.54. The van der Waals surface area contributed by atoms with Crippen LogP contribution in [0.4, 0.5) is 0 Å². The lowest BCUT2D eigenvalue weighted by molar-refractivity contribution is 0.101. The number of hydrogen-bond acceptors (Lipinski definition) is 5. The lowest BCUT2D eigenvalue weighted by Gasteiger charge is -2.11. The number of benzene rings is 2. The minimum atomic E-state index is 0.0330. The Labute approximate surface area is 167 Å². The predicted octanol–water partition coefficient (Wildman–Crippen LogP) is 5.12. The smallest absolute Gasteiger partial charge is 0.191 e. The summed E-state index contributed by atoms with van der Waals surface area (Å²) in [6.07, 6.45) is 0. The first-order valence-electron chi connectivity index (χ1n) is 8.53. The summed E-state index contributed by atoms with van der Waals surface area (Å²) in [6, 6.07) is 13.0. The lowest BCUT2D eigenvalue weighted by atomic mass is 10.1. The molecular weight excluding hydrogens is 382 g/mol. The standard InChI is InChI=1S/C20H20ClN3O2S/c1-4-24-19(14-5-8-17(21)9-6-14)22-23-20(24)27-12-16-11-15(13(2)25)7-10-18(16)26-3/h5-11H,4,12H2,1-3H3. The van der Waals surface area contributed by atoms with Crippen LogP contribution >= 0.6 is 23.4 Å². The maximum absolute atomic E-state index is 11.7. The molecule has 1 heterocycles. The molecule has 0 radical (unpaired) electrons. The van der Waals surface area contributed by atoms with Gasteiger partial charge in [0.1, 0.15) is 5.75 Å². The number of Topliss-reactive ketones (excluding diaryl/α,β-unsaturated/α-hetero) is 1. The highest BCUT2D eigenvalue weighted by molar-refractivity contribution is 7.98. The van der Waals surface area contributed by atoms with Gasteiger partial charge in [-0.2, -0.15) is 0 Å². The van der Waals surface area contributed by atoms with Crippen LogP contribution in [0.1, 0.15) is 29.8 Å². The number of thioether (sulfide) groups is 1. The van der Waals surface area contributed by atoms with Crippen molar-refractivity contribution in [2.75, 3.05) is 7.11 Å². The lowest BCUT2D eigenvalue weighted by Crippen LogP contribution is -2.01. The van der Waals surface area contributed by atoms with Gasteiger partial charge >= 0.3 is 0 Å². The average molecular weight is 402 g/mol. The number of halogens is 1. The molecule has 0 aliphatic carbocycles. The van der Waals surface area contributed by atoms with E-state index in [0.29, 0.717) is 16.3 Å². The molecule has 0 atom stereocenters. The number of carbonyl (C=O) groups is 1. The summed E-state index contributed by atoms with van der Waals surface area (Å²) in [5.74, 6) is 2.23. The maximum atomic E-state index is 11.7. The zero-order valence-electron chi connectivity index (χ0n) is 15.4. The van der Waals surface area contributed by atoms with Gasteiger partial charge < -0.3 is 9.30 Å². The summed E-state index contributed by atoms with van der Waals surface area (Å²) < 4.78 is 7.50. The van der Waals surface area contributed by atoms with Crippen molar-refractivity contribution in [1.29, 1.82) is 0 Å². The van der Waals surface area contributed by atoms with Crippen LogP contribution < -0.4 is 4.74 Å². The summed E-state index contributed by atoms with van der Waals surface area (Å²) in [6.45, 7) is 4.37. The summed E-state index contributed by atoms with van der Waals surface area (Å²) in [7, 11) is 1.63. The molecule has 0 saturated carbocycles. The van der Waals surface area contributed by atoms with E-state index >= 15 is 0 Å². The molecule has 0 spiro atoms. The molecule has 3 rings (SSSR count). The van der Waals surface area contributed by atoms with Gasteiger partial charge in [0, 0.05) is 34.0 Å². The van der Waals surface area contributed by atoms with Crippen LogP contribution in [-0.2, 0) is 12.3 Å². The van der Waals surface area contributed by atoms with Gasteiger partial charge in [0.2, 0.25) is 0 Å². The van der Waals surface area contributed by atoms with E-state index in [4.69, 9.17) is 16.3 Å². The monoisotopic (exact) mass is 401 g/mol. The molecule has 0 fully saturated rings. The zero-order chi connectivity index (χ0) is 19.4. The van der Waals surface area contributed by atoms with Crippen molar-refractivity contribution in [3.8, 4) is 17.1 Å². The topological polar surface area (TPSA) is 57.0 Å². The van der Waals surface area contributed by atoms with Crippen molar-refractivity contribution in [2.24, 2.45) is 0 Å². The van der Waals surface area contributed by atoms with Crippen molar-refractivity contribution < 1.29 is 9.53 Å². The maximum Gasteiger partial charge on any atom is 0.191 e. The molecule has 0 saturated heterocycles. The van der Waals surface area contributed by atoms with Crippen molar-refractivity contribution in [1.82, 2.24) is 14.8 Å². The van der Waals surface area contributed by atoms with Crippen LogP contribution in [0.15, 0.2) is 47.6 Å². The second kappa shape index (κ2) is 8.59. The molecule has 27 heavy (non-hydrogen) atoms. The van der Waals surface area contributed by atoms with E-state index in [1.54, 1.807) is 31.9 Å². The molecule has 1 aromatic heterocycles. The number of ketones is 1. The van der Waals surface area contributed by atoms with Crippen LogP contribution in [0, 0.1) is 0 Å². The van der Waals surface area contributed by atoms with E-state index in [9.17, 15) is 4.79 Å². The quantitative estimate of drug-likeness (QED) is 0.406. The fourth-order valence-electron chi connectivity index (χ4n) is 2.75. The normalized spacial score (nSPS) is 10.8. The van der Waals surface area contributed by atoms with Crippen LogP contribution in [0.5, 0.6) is 5.75 Å². The van der Waals surface area contributed by atoms with Crippen molar-refractivity contribution >= 4 is 29.1 Å². The van der Waals surface area contributed by atoms with E-state index in [-0.39, 0.29) is 5.78 Å². The minimum Gasteiger partial charge on any atom is -0.496 e. The van der Waals surface area contributed by atoms with Crippen LogP contribution in [0.2, 0.25) is 5.02 Å². The van der Waals surface area contributed by atoms with Gasteiger partial charge in [0.15, 0.2) is 16.8 Å². The van der Waals surface area contributed by atoms with E-state index in [1.807, 2.05) is 36.4 Å². The van der Waals surface area contributed by atoms with Gasteiger partial charge in [0.05, 0.1) is 7.11 Å². The first-order chi connectivity index (χ1) is 13.0. The van der Waals surface area contributed by atoms with E-state index in [0.717, 1.165) is 34.4 Å². The Morgan fingerprint density at radius 2 is 1.93 bits per heavy atom. The van der Waals surface area contributed by atoms with E-state index in [2.05, 4.69) is 21.7 Å². The highest BCUT2D eigenvalue weighted by Gasteiger charge is 2.15. The molecule has 0 unspecified atom stereocenters. The number of methoxy groups -OCH3 is 1. The molecular formula is C20H20ClN3O2S. The SMILES string of the molecule is CCn1c(SCc2cc(C(C)=O)ccc2OC)nnc1-c1ccc(Cl)cc1. The van der Waals surface area contributed by atoms with Crippen molar-refractivity contribution in [3.05, 3.63) is 58.6 Å². The highest BCUT2D eigenvalue weighted by atomic mass is 35.5. The zero-order valence-corrected chi connectivity index (χ0v) is 17.0. The summed E-state index contributed by atoms with van der Waals surface area (Å²) in [5.41, 5.74) is 2.59. The summed E-state index contributed by atoms with van der Waals surface area (Å²) in [5, 5.41) is 10.2. The Balaban J connectivity index is 1.86. The molecule has 0 N–H and O–H groups in total. The Morgan fingerprint density at radius 1 is 1.19 bits per heavy atom. The highest BCUT2D eigenvalue weighted by Crippen LogP contribution is 2.30. The number of aromatic nitrogens is 3. The largest absolute Gasteiger partial charge is 0.496 e. The third kappa shape index (κ3) is 4.34. The molecule has 7 heteroatoms. The Morgan fingerprint density at radius 3 is 2.56 bits per heavy atom. The van der Waals surface area contributed by atoms with E-state index < -0.39 is 0 Å². The molecule has 5 nitrogen and oxygen atoms in total. The van der Waals surface area contributed by atoms with Gasteiger partial charge in [-0.05, 0) is 56.3 Å². The van der Waals surface area contributed by atoms with Gasteiger partial charge in [-0.1, -0.05) is 23.4 Å². The van der Waals surface area contributed by atoms with Gasteiger partial charge in [-0.15, -0.1) is 10.2 Å². The number of rotatable bonds is 7. The van der Waals surface area contributed by atoms with Crippen LogP contribution in [-0.4, -0.2) is 27.7 Å². The molecule has 140 valence electrons. The first-order valence-corrected chi connectivity index (χ1v) is 9.89. The number of ether oxygens (including phenoxy) is 1. The van der Waals surface area contributed by atoms with Gasteiger partial charge in [-0.25, -0.2) is 0 Å². The fourth-order valence-corrected chi connectivity index (χ4v) is 3.85. The van der Waals surface area contributed by atoms with E-state index in [1.165, 1.54) is 0 Å². The van der Waals surface area contributed by atoms with Gasteiger partial charge in [0.25, 0.3) is 0 Å². The molecule has 0 bridgehead atoms. The number of nitrogens with zero attached hydrogens (tertiary/aromatic N) is 3. The van der Waals surface area contributed by atoms with Gasteiger partial charge in [-0.3, -0.25) is 4.79 Å². The first kappa shape index (κ1) is 19.5.